The summed E-state index contributed by atoms with van der Waals surface area (Å²) in [5, 5.41) is 9.21. The third kappa shape index (κ3) is 6.31. The molecule has 0 spiro atoms. The number of carbonyl (C=O) groups is 3. The van der Waals surface area contributed by atoms with Crippen LogP contribution < -0.4 is 15.4 Å². The summed E-state index contributed by atoms with van der Waals surface area (Å²) in [4.78, 5) is 42.5. The van der Waals surface area contributed by atoms with E-state index in [-0.39, 0.29) is 53.0 Å². The van der Waals surface area contributed by atoms with Gasteiger partial charge in [-0.15, -0.1) is 0 Å². The third-order valence-electron chi connectivity index (χ3n) is 8.08. The van der Waals surface area contributed by atoms with Gasteiger partial charge in [0.2, 0.25) is 0 Å². The van der Waals surface area contributed by atoms with Crippen LogP contribution in [0, 0.1) is 28.4 Å². The van der Waals surface area contributed by atoms with Gasteiger partial charge in [0, 0.05) is 19.2 Å². The van der Waals surface area contributed by atoms with E-state index >= 15 is 0 Å². The summed E-state index contributed by atoms with van der Waals surface area (Å²) >= 11 is 0. The molecular weight excluding hydrogens is 562 g/mol. The molecule has 0 aliphatic heterocycles. The molecule has 0 bridgehead atoms. The molecule has 0 radical (unpaired) electrons. The van der Waals surface area contributed by atoms with Gasteiger partial charge in [-0.25, -0.2) is 18.3 Å². The SMILES string of the molecule is COC(=O)C1(C)CCC(C)(CNC(=O)c2cc(C(=O)NCc3ccc(F)c(OC(F)F)c3)nc3c(F)cnn23)C(C)C1. The topological polar surface area (TPSA) is 124 Å². The van der Waals surface area contributed by atoms with Crippen molar-refractivity contribution in [2.45, 2.75) is 53.2 Å². The maximum absolute atomic E-state index is 14.5. The highest BCUT2D eigenvalue weighted by atomic mass is 19.3. The molecule has 1 aliphatic carbocycles. The number of hydrogen-bond donors (Lipinski definition) is 2. The summed E-state index contributed by atoms with van der Waals surface area (Å²) in [6, 6.07) is 4.34. The summed E-state index contributed by atoms with van der Waals surface area (Å²) in [7, 11) is 1.36. The van der Waals surface area contributed by atoms with Crippen molar-refractivity contribution in [3.8, 4) is 5.75 Å². The summed E-state index contributed by atoms with van der Waals surface area (Å²) in [6.45, 7) is 2.66. The number of hydrogen-bond acceptors (Lipinski definition) is 7. The van der Waals surface area contributed by atoms with Crippen LogP contribution in [-0.2, 0) is 16.1 Å². The smallest absolute Gasteiger partial charge is 0.387 e. The molecule has 2 aromatic heterocycles. The Morgan fingerprint density at radius 3 is 2.50 bits per heavy atom. The van der Waals surface area contributed by atoms with Crippen molar-refractivity contribution in [3.63, 3.8) is 0 Å². The first-order chi connectivity index (χ1) is 19.8. The Kier molecular flexibility index (Phi) is 8.73. The molecule has 226 valence electrons. The number of aromatic nitrogens is 3. The van der Waals surface area contributed by atoms with Crippen LogP contribution in [0.2, 0.25) is 0 Å². The lowest BCUT2D eigenvalue weighted by molar-refractivity contribution is -0.156. The molecule has 0 saturated heterocycles. The van der Waals surface area contributed by atoms with E-state index < -0.39 is 41.2 Å². The number of nitrogens with zero attached hydrogens (tertiary/aromatic N) is 3. The van der Waals surface area contributed by atoms with Crippen molar-refractivity contribution >= 4 is 23.4 Å². The van der Waals surface area contributed by atoms with Crippen molar-refractivity contribution in [2.24, 2.45) is 16.7 Å². The second-order valence-corrected chi connectivity index (χ2v) is 11.1. The fourth-order valence-electron chi connectivity index (χ4n) is 5.23. The number of halogens is 4. The number of ether oxygens (including phenoxy) is 2. The van der Waals surface area contributed by atoms with Gasteiger partial charge in [0.15, 0.2) is 23.0 Å². The largest absolute Gasteiger partial charge is 0.469 e. The average molecular weight is 594 g/mol. The summed E-state index contributed by atoms with van der Waals surface area (Å²) in [6.07, 6.45) is 2.66. The Morgan fingerprint density at radius 1 is 1.10 bits per heavy atom. The molecule has 1 aliphatic rings. The van der Waals surface area contributed by atoms with Crippen LogP contribution in [0.1, 0.15) is 66.6 Å². The Labute approximate surface area is 238 Å². The maximum atomic E-state index is 14.5. The molecular formula is C28H31F4N5O5. The number of nitrogens with one attached hydrogen (secondary N) is 2. The summed E-state index contributed by atoms with van der Waals surface area (Å²) in [5.41, 5.74) is -1.53. The Balaban J connectivity index is 1.50. The van der Waals surface area contributed by atoms with E-state index in [4.69, 9.17) is 4.74 Å². The average Bonchev–Trinajstić information content (AvgIpc) is 3.33. The molecule has 3 atom stereocenters. The lowest BCUT2D eigenvalue weighted by Gasteiger charge is -2.46. The van der Waals surface area contributed by atoms with Gasteiger partial charge >= 0.3 is 12.6 Å². The van der Waals surface area contributed by atoms with Gasteiger partial charge in [0.1, 0.15) is 11.4 Å². The van der Waals surface area contributed by atoms with Crippen LogP contribution in [0.3, 0.4) is 0 Å². The number of rotatable bonds is 9. The number of methoxy groups -OCH3 is 1. The minimum absolute atomic E-state index is 0.0506. The lowest BCUT2D eigenvalue weighted by atomic mass is 9.59. The molecule has 3 unspecified atom stereocenters. The van der Waals surface area contributed by atoms with Crippen LogP contribution in [-0.4, -0.2) is 52.6 Å². The van der Waals surface area contributed by atoms with Crippen LogP contribution in [0.5, 0.6) is 5.75 Å². The molecule has 1 fully saturated rings. The molecule has 2 amide bonds. The molecule has 14 heteroatoms. The van der Waals surface area contributed by atoms with Gasteiger partial charge in [-0.05, 0) is 55.2 Å². The highest BCUT2D eigenvalue weighted by molar-refractivity contribution is 5.98. The quantitative estimate of drug-likeness (QED) is 0.281. The van der Waals surface area contributed by atoms with Crippen molar-refractivity contribution in [2.75, 3.05) is 13.7 Å². The normalized spacial score (nSPS) is 22.2. The van der Waals surface area contributed by atoms with E-state index in [1.807, 2.05) is 20.8 Å². The van der Waals surface area contributed by atoms with Crippen LogP contribution in [0.15, 0.2) is 30.5 Å². The number of fused-ring (bicyclic) bond motifs is 1. The van der Waals surface area contributed by atoms with E-state index in [0.717, 1.165) is 28.9 Å². The molecule has 1 saturated carbocycles. The van der Waals surface area contributed by atoms with Gasteiger partial charge in [0.25, 0.3) is 11.8 Å². The zero-order chi connectivity index (χ0) is 30.8. The number of amides is 2. The van der Waals surface area contributed by atoms with Gasteiger partial charge in [-0.2, -0.15) is 13.9 Å². The minimum Gasteiger partial charge on any atom is -0.469 e. The zero-order valence-corrected chi connectivity index (χ0v) is 23.5. The second kappa shape index (κ2) is 11.9. The van der Waals surface area contributed by atoms with Crippen molar-refractivity contribution < 1.29 is 41.4 Å². The number of alkyl halides is 2. The molecule has 4 rings (SSSR count). The Bertz CT molecular complexity index is 1520. The van der Waals surface area contributed by atoms with Crippen LogP contribution in [0.4, 0.5) is 17.6 Å². The second-order valence-electron chi connectivity index (χ2n) is 11.1. The highest BCUT2D eigenvalue weighted by Gasteiger charge is 2.47. The highest BCUT2D eigenvalue weighted by Crippen LogP contribution is 2.49. The maximum Gasteiger partial charge on any atom is 0.387 e. The van der Waals surface area contributed by atoms with E-state index in [0.29, 0.717) is 19.3 Å². The predicted molar refractivity (Wildman–Crippen MR) is 141 cm³/mol. The molecule has 10 nitrogen and oxygen atoms in total. The first kappa shape index (κ1) is 30.7. The first-order valence-electron chi connectivity index (χ1n) is 13.2. The first-order valence-corrected chi connectivity index (χ1v) is 13.2. The molecule has 2 N–H and O–H groups in total. The predicted octanol–water partition coefficient (Wildman–Crippen LogP) is 4.27. The van der Waals surface area contributed by atoms with Gasteiger partial charge in [-0.1, -0.05) is 19.9 Å². The minimum atomic E-state index is -3.24. The van der Waals surface area contributed by atoms with E-state index in [1.54, 1.807) is 0 Å². The monoisotopic (exact) mass is 593 g/mol. The van der Waals surface area contributed by atoms with E-state index in [1.165, 1.54) is 13.2 Å². The molecule has 42 heavy (non-hydrogen) atoms. The number of carbonyl (C=O) groups excluding carboxylic acids is 3. The Morgan fingerprint density at radius 2 is 1.83 bits per heavy atom. The van der Waals surface area contributed by atoms with Crippen molar-refractivity contribution in [1.29, 1.82) is 0 Å². The van der Waals surface area contributed by atoms with Gasteiger partial charge < -0.3 is 20.1 Å². The fraction of sp³-hybridized carbons (Fsp3) is 0.464. The van der Waals surface area contributed by atoms with E-state index in [9.17, 15) is 31.9 Å². The van der Waals surface area contributed by atoms with Crippen LogP contribution in [0.25, 0.3) is 5.65 Å². The van der Waals surface area contributed by atoms with Crippen molar-refractivity contribution in [1.82, 2.24) is 25.2 Å². The van der Waals surface area contributed by atoms with E-state index in [2.05, 4.69) is 25.5 Å². The zero-order valence-electron chi connectivity index (χ0n) is 23.5. The standard InChI is InChI=1S/C28H31F4N5O5/c1-15-11-27(2,25(40)41-4)7-8-28(15,3)14-34-24(39)20-10-19(36-22-18(30)13-35-37(20)22)23(38)33-12-16-5-6-17(29)21(9-16)42-26(31)32/h5-6,9-10,13,15,26H,7-8,11-12,14H2,1-4H3,(H,33,38)(H,34,39). The van der Waals surface area contributed by atoms with Gasteiger partial charge in [0.05, 0.1) is 18.7 Å². The summed E-state index contributed by atoms with van der Waals surface area (Å²) in [5.74, 6) is -4.20. The lowest BCUT2D eigenvalue weighted by Crippen LogP contribution is -2.47. The van der Waals surface area contributed by atoms with Crippen molar-refractivity contribution in [3.05, 3.63) is 59.0 Å². The molecule has 1 aromatic carbocycles. The molecule has 2 heterocycles. The molecule has 3 aromatic rings. The summed E-state index contributed by atoms with van der Waals surface area (Å²) < 4.78 is 63.3. The fourth-order valence-corrected chi connectivity index (χ4v) is 5.23. The van der Waals surface area contributed by atoms with Gasteiger partial charge in [-0.3, -0.25) is 14.4 Å². The Hall–Kier alpha value is -4.23. The van der Waals surface area contributed by atoms with Crippen LogP contribution >= 0.6 is 0 Å². The third-order valence-corrected chi connectivity index (χ3v) is 8.08. The number of esters is 1. The number of benzene rings is 1.